The zero-order chi connectivity index (χ0) is 40.4. The van der Waals surface area contributed by atoms with Crippen LogP contribution in [0.2, 0.25) is 0 Å². The molecular formula is C34H34N2O14S5-4. The largest absolute Gasteiger partial charge is 0.748 e. The highest BCUT2D eigenvalue weighted by molar-refractivity contribution is 7.94. The number of fused-ring (bicyclic) bond motifs is 6. The summed E-state index contributed by atoms with van der Waals surface area (Å²) in [6.45, 7) is 3.24. The van der Waals surface area contributed by atoms with Gasteiger partial charge in [0.25, 0.3) is 0 Å². The molecule has 298 valence electrons. The van der Waals surface area contributed by atoms with Gasteiger partial charge >= 0.3 is 0 Å². The van der Waals surface area contributed by atoms with Crippen molar-refractivity contribution < 1.29 is 66.0 Å². The fourth-order valence-corrected chi connectivity index (χ4v) is 10.5. The fraction of sp³-hybridized carbons (Fsp3) is 0.382. The summed E-state index contributed by atoms with van der Waals surface area (Å²) in [7, 11) is -19.0. The topological polar surface area (TPSA) is 267 Å². The second kappa shape index (κ2) is 14.6. The molecule has 6 rings (SSSR count). The van der Waals surface area contributed by atoms with Gasteiger partial charge in [0, 0.05) is 57.5 Å². The molecule has 2 heterocycles. The van der Waals surface area contributed by atoms with Gasteiger partial charge in [-0.15, -0.1) is 0 Å². The van der Waals surface area contributed by atoms with Gasteiger partial charge in [0.1, 0.15) is 20.2 Å². The van der Waals surface area contributed by atoms with Gasteiger partial charge < -0.3 is 32.7 Å². The third-order valence-electron chi connectivity index (χ3n) is 10.6. The first-order chi connectivity index (χ1) is 25.4. The summed E-state index contributed by atoms with van der Waals surface area (Å²) in [5, 5.41) is 10.9. The lowest BCUT2D eigenvalue weighted by atomic mass is 9.81. The third-order valence-corrected chi connectivity index (χ3v) is 14.0. The Morgan fingerprint density at radius 3 is 2.20 bits per heavy atom. The molecule has 0 amide bonds. The molecule has 0 saturated heterocycles. The van der Waals surface area contributed by atoms with Gasteiger partial charge in [-0.3, -0.25) is 0 Å². The molecule has 2 atom stereocenters. The van der Waals surface area contributed by atoms with E-state index in [1.54, 1.807) is 46.8 Å². The van der Waals surface area contributed by atoms with Crippen LogP contribution in [0, 0.1) is 0 Å². The first kappa shape index (κ1) is 41.4. The first-order valence-corrected chi connectivity index (χ1v) is 23.6. The van der Waals surface area contributed by atoms with Gasteiger partial charge in [0.05, 0.1) is 47.8 Å². The van der Waals surface area contributed by atoms with Gasteiger partial charge in [-0.05, 0) is 86.6 Å². The van der Waals surface area contributed by atoms with Crippen molar-refractivity contribution in [1.29, 1.82) is 0 Å². The normalized spacial score (nSPS) is 23.7. The number of hydrogen-bond donors (Lipinski definition) is 0. The standard InChI is InChI=1S/C34H38N2O14S5/c1-33-13-11-23(31(33)35(15-17-52(38,39)40)29-9-7-25(51-50-37)19-27(29)33)5-3-22(21-54(44,45)46)4-6-24-12-14-34(2)28-20-26(55(47,48)49)8-10-30(28)36(32(24)34)16-18-53(41,42)43/h3-10,19-20H,11-18,21H2,1-2H3,(H4-,37,38,39,40,41,42,43,44,45,46,47,48,49)/p-4. The van der Waals surface area contributed by atoms with Crippen molar-refractivity contribution >= 4 is 69.6 Å². The van der Waals surface area contributed by atoms with E-state index in [9.17, 15) is 57.1 Å². The zero-order valence-electron chi connectivity index (χ0n) is 29.3. The summed E-state index contributed by atoms with van der Waals surface area (Å²) in [5.74, 6) is -2.41. The lowest BCUT2D eigenvalue weighted by Crippen LogP contribution is -2.30. The lowest BCUT2D eigenvalue weighted by Gasteiger charge is -2.27. The van der Waals surface area contributed by atoms with Crippen LogP contribution >= 0.6 is 12.0 Å². The summed E-state index contributed by atoms with van der Waals surface area (Å²) >= 11 is 0.605. The number of anilines is 1. The summed E-state index contributed by atoms with van der Waals surface area (Å²) in [4.78, 5) is 1.60. The van der Waals surface area contributed by atoms with Crippen molar-refractivity contribution in [3.05, 3.63) is 94.2 Å². The van der Waals surface area contributed by atoms with Crippen molar-refractivity contribution in [3.63, 3.8) is 0 Å². The van der Waals surface area contributed by atoms with Crippen molar-refractivity contribution in [3.8, 4) is 0 Å². The van der Waals surface area contributed by atoms with Gasteiger partial charge in [-0.1, -0.05) is 24.3 Å². The van der Waals surface area contributed by atoms with Crippen molar-refractivity contribution in [2.75, 3.05) is 35.2 Å². The van der Waals surface area contributed by atoms with Crippen molar-refractivity contribution in [2.45, 2.75) is 60.2 Å². The van der Waals surface area contributed by atoms with Gasteiger partial charge in [0.2, 0.25) is 5.69 Å². The summed E-state index contributed by atoms with van der Waals surface area (Å²) in [6.07, 6.45) is 7.80. The smallest absolute Gasteiger partial charge is 0.209 e. The maximum absolute atomic E-state index is 12.1. The Morgan fingerprint density at radius 2 is 1.56 bits per heavy atom. The minimum Gasteiger partial charge on any atom is -0.748 e. The molecule has 0 spiro atoms. The highest BCUT2D eigenvalue weighted by Crippen LogP contribution is 2.56. The average molecular weight is 855 g/mol. The predicted molar refractivity (Wildman–Crippen MR) is 194 cm³/mol. The van der Waals surface area contributed by atoms with Crippen LogP contribution in [0.1, 0.15) is 50.7 Å². The minimum absolute atomic E-state index is 0.0674. The van der Waals surface area contributed by atoms with Crippen LogP contribution in [0.25, 0.3) is 0 Å². The highest BCUT2D eigenvalue weighted by Gasteiger charge is 2.54. The Labute approximate surface area is 323 Å². The van der Waals surface area contributed by atoms with Crippen LogP contribution in [-0.4, -0.2) is 92.5 Å². The van der Waals surface area contributed by atoms with E-state index in [0.29, 0.717) is 82.1 Å². The van der Waals surface area contributed by atoms with Gasteiger partial charge in [-0.25, -0.2) is 33.7 Å². The molecule has 0 aromatic heterocycles. The number of hydrogen-bond acceptors (Lipinski definition) is 16. The van der Waals surface area contributed by atoms with E-state index in [4.69, 9.17) is 0 Å². The SMILES string of the molecule is CC12CCC(/C=C/C(=C/C=C3\CCC4(C)C3=[N+](CCS(=O)(=O)[O-])c3ccc(SO[O-])cc34)CS(=O)(=O)[O-])=C1N(CCS(=O)(=O)[O-])c1ccc(S(=O)(=O)[O-])cc12. The summed E-state index contributed by atoms with van der Waals surface area (Å²) in [5.41, 5.74) is 3.17. The first-order valence-electron chi connectivity index (χ1n) is 16.7. The molecule has 0 N–H and O–H groups in total. The molecule has 16 nitrogen and oxygen atoms in total. The number of rotatable bonds is 14. The molecule has 0 radical (unpaired) electrons. The average Bonchev–Trinajstić information content (AvgIpc) is 3.72. The van der Waals surface area contributed by atoms with E-state index in [2.05, 4.69) is 4.33 Å². The molecule has 2 aromatic carbocycles. The third kappa shape index (κ3) is 8.56. The van der Waals surface area contributed by atoms with E-state index in [1.807, 2.05) is 6.92 Å². The lowest BCUT2D eigenvalue weighted by molar-refractivity contribution is -0.630. The molecule has 21 heteroatoms. The molecule has 2 aliphatic heterocycles. The second-order valence-corrected chi connectivity index (χ2v) is 20.8. The second-order valence-electron chi connectivity index (χ2n) is 14.1. The van der Waals surface area contributed by atoms with E-state index in [-0.39, 0.29) is 18.7 Å². The summed E-state index contributed by atoms with van der Waals surface area (Å²) in [6, 6.07) is 8.77. The maximum Gasteiger partial charge on any atom is 0.209 e. The Balaban J connectivity index is 1.43. The molecule has 0 bridgehead atoms. The van der Waals surface area contributed by atoms with Gasteiger partial charge in [-0.2, -0.15) is 4.58 Å². The highest BCUT2D eigenvalue weighted by atomic mass is 32.2. The van der Waals surface area contributed by atoms with Crippen LogP contribution in [0.5, 0.6) is 0 Å². The van der Waals surface area contributed by atoms with Crippen LogP contribution in [0.4, 0.5) is 11.4 Å². The Bertz CT molecular complexity index is 2580. The number of allylic oxidation sites excluding steroid dienone is 7. The molecule has 55 heavy (non-hydrogen) atoms. The van der Waals surface area contributed by atoms with E-state index in [0.717, 1.165) is 11.6 Å². The quantitative estimate of drug-likeness (QED) is 0.0656. The van der Waals surface area contributed by atoms with Gasteiger partial charge in [0.15, 0.2) is 12.3 Å². The monoisotopic (exact) mass is 854 g/mol. The number of benzene rings is 2. The van der Waals surface area contributed by atoms with Crippen molar-refractivity contribution in [2.24, 2.45) is 0 Å². The number of nitrogens with zero attached hydrogens (tertiary/aromatic N) is 2. The van der Waals surface area contributed by atoms with Crippen LogP contribution in [-0.2, 0) is 55.6 Å². The predicted octanol–water partition coefficient (Wildman–Crippen LogP) is 1.91. The Hall–Kier alpha value is -3.22. The summed E-state index contributed by atoms with van der Waals surface area (Å²) < 4.78 is 148. The van der Waals surface area contributed by atoms with E-state index in [1.165, 1.54) is 24.3 Å². The fourth-order valence-electron chi connectivity index (χ4n) is 8.26. The molecule has 4 aliphatic rings. The zero-order valence-corrected chi connectivity index (χ0v) is 33.4. The molecule has 2 aromatic rings. The van der Waals surface area contributed by atoms with E-state index >= 15 is 0 Å². The van der Waals surface area contributed by atoms with Crippen LogP contribution < -0.4 is 10.2 Å². The Kier molecular flexibility index (Phi) is 11.0. The molecule has 2 unspecified atom stereocenters. The van der Waals surface area contributed by atoms with E-state index < -0.39 is 73.5 Å². The van der Waals surface area contributed by atoms with Crippen molar-refractivity contribution in [1.82, 2.24) is 0 Å². The van der Waals surface area contributed by atoms with Crippen LogP contribution in [0.3, 0.4) is 0 Å². The molecule has 1 fully saturated rings. The van der Waals surface area contributed by atoms with Crippen LogP contribution in [0.15, 0.2) is 92.9 Å². The molecular weight excluding hydrogens is 821 g/mol. The maximum atomic E-state index is 12.1. The minimum atomic E-state index is -4.85. The Morgan fingerprint density at radius 1 is 0.873 bits per heavy atom. The molecule has 2 aliphatic carbocycles. The molecule has 1 saturated carbocycles.